The second kappa shape index (κ2) is 7.78. The number of ketones is 1. The number of nitrogens with one attached hydrogen (secondary N) is 2. The van der Waals surface area contributed by atoms with Crippen LogP contribution in [0.15, 0.2) is 35.1 Å². The number of pyridine rings is 1. The Morgan fingerprint density at radius 2 is 2.07 bits per heavy atom. The molecule has 0 unspecified atom stereocenters. The van der Waals surface area contributed by atoms with E-state index < -0.39 is 33.8 Å². The van der Waals surface area contributed by atoms with Crippen molar-refractivity contribution in [2.75, 3.05) is 10.5 Å². The highest BCUT2D eigenvalue weighted by atomic mass is 79.9. The molecule has 0 aliphatic rings. The molecular weight excluding hydrogens is 456 g/mol. The smallest absolute Gasteiger partial charge is 0.201 e. The largest absolute Gasteiger partial charge is 0.345 e. The maximum atomic E-state index is 15.0. The number of anilines is 1. The van der Waals surface area contributed by atoms with E-state index in [1.807, 2.05) is 0 Å². The average Bonchev–Trinajstić information content (AvgIpc) is 2.99. The summed E-state index contributed by atoms with van der Waals surface area (Å²) in [6.07, 6.45) is 2.86. The molecule has 0 spiro atoms. The normalized spacial score (nSPS) is 12.6. The number of H-pyrrole nitrogens is 1. The van der Waals surface area contributed by atoms with Gasteiger partial charge in [0.1, 0.15) is 11.5 Å². The van der Waals surface area contributed by atoms with Crippen molar-refractivity contribution in [2.45, 2.75) is 13.8 Å². The minimum absolute atomic E-state index is 0.0186. The molecule has 0 amide bonds. The third kappa shape index (κ3) is 4.19. The highest BCUT2D eigenvalue weighted by Crippen LogP contribution is 2.42. The number of nitrogens with zero attached hydrogens (tertiary/aromatic N) is 1. The van der Waals surface area contributed by atoms with Crippen molar-refractivity contribution in [1.82, 2.24) is 9.97 Å². The number of hydrogen-bond donors (Lipinski definition) is 4. The van der Waals surface area contributed by atoms with Crippen LogP contribution >= 0.6 is 26.7 Å². The third-order valence-corrected chi connectivity index (χ3v) is 6.01. The van der Waals surface area contributed by atoms with E-state index in [-0.39, 0.29) is 22.9 Å². The van der Waals surface area contributed by atoms with Crippen LogP contribution in [0.25, 0.3) is 11.0 Å². The number of aromatic nitrogens is 2. The molecular formula is C18H18BrF2N3O3S. The lowest BCUT2D eigenvalue weighted by molar-refractivity contribution is 0.103. The lowest BCUT2D eigenvalue weighted by Crippen LogP contribution is -2.18. The zero-order valence-electron chi connectivity index (χ0n) is 15.0. The number of aromatic amines is 1. The molecule has 4 N–H and O–H groups in total. The van der Waals surface area contributed by atoms with E-state index in [1.165, 1.54) is 12.4 Å². The molecule has 3 rings (SSSR count). The maximum Gasteiger partial charge on any atom is 0.201 e. The Balaban J connectivity index is 2.04. The summed E-state index contributed by atoms with van der Waals surface area (Å²) in [6, 6.07) is 3.55. The second-order valence-electron chi connectivity index (χ2n) is 6.69. The fraction of sp³-hybridized carbons (Fsp3) is 0.222. The molecule has 1 aromatic carbocycles. The van der Waals surface area contributed by atoms with Crippen LogP contribution in [-0.2, 0) is 0 Å². The minimum Gasteiger partial charge on any atom is -0.345 e. The topological polar surface area (TPSA) is 98.2 Å². The first-order valence-electron chi connectivity index (χ1n) is 8.28. The molecule has 2 aromatic heterocycles. The predicted molar refractivity (Wildman–Crippen MR) is 110 cm³/mol. The third-order valence-electron chi connectivity index (χ3n) is 3.90. The number of carbonyl (C=O) groups is 1. The lowest BCUT2D eigenvalue weighted by atomic mass is 10.0. The number of halogens is 3. The summed E-state index contributed by atoms with van der Waals surface area (Å²) in [5, 5.41) is 0.403. The molecule has 28 heavy (non-hydrogen) atoms. The number of fused-ring (bicyclic) bond motifs is 1. The van der Waals surface area contributed by atoms with Gasteiger partial charge in [0.05, 0.1) is 17.0 Å². The zero-order chi connectivity index (χ0) is 20.6. The quantitative estimate of drug-likeness (QED) is 0.351. The van der Waals surface area contributed by atoms with Gasteiger partial charge >= 0.3 is 0 Å². The summed E-state index contributed by atoms with van der Waals surface area (Å²) in [4.78, 5) is 19.8. The number of rotatable bonds is 6. The number of benzene rings is 1. The van der Waals surface area contributed by atoms with Crippen LogP contribution in [0, 0.1) is 17.6 Å². The molecule has 6 nitrogen and oxygen atoms in total. The first-order chi connectivity index (χ1) is 13.1. The van der Waals surface area contributed by atoms with Crippen molar-refractivity contribution in [3.8, 4) is 0 Å². The van der Waals surface area contributed by atoms with Crippen LogP contribution < -0.4 is 4.72 Å². The first kappa shape index (κ1) is 20.7. The monoisotopic (exact) mass is 473 g/mol. The molecule has 0 atom stereocenters. The summed E-state index contributed by atoms with van der Waals surface area (Å²) < 4.78 is 52.4. The molecule has 3 aromatic rings. The Bertz CT molecular complexity index is 1060. The standard InChI is InChI=1S/C18H18BrF2N3O3S/c1-9(2)8-28(26,27)24-14-4-3-13(20)15(16(14)21)17(25)12-7-23-18-11(12)5-10(19)6-22-18/h3-7,9,24,26-27H,8H2,1-2H3,(H,22,23). The van der Waals surface area contributed by atoms with Crippen molar-refractivity contribution in [3.63, 3.8) is 0 Å². The highest BCUT2D eigenvalue weighted by Gasteiger charge is 2.26. The Morgan fingerprint density at radius 1 is 1.36 bits per heavy atom. The molecule has 0 radical (unpaired) electrons. The van der Waals surface area contributed by atoms with Gasteiger partial charge in [-0.05, 0) is 40.0 Å². The van der Waals surface area contributed by atoms with E-state index in [9.17, 15) is 22.7 Å². The van der Waals surface area contributed by atoms with Gasteiger partial charge in [0.15, 0.2) is 5.82 Å². The Labute approximate surface area is 170 Å². The molecule has 0 aliphatic carbocycles. The van der Waals surface area contributed by atoms with Crippen LogP contribution in [0.4, 0.5) is 14.5 Å². The van der Waals surface area contributed by atoms with E-state index in [0.29, 0.717) is 15.5 Å². The van der Waals surface area contributed by atoms with Crippen LogP contribution in [0.1, 0.15) is 29.8 Å². The Hall–Kier alpha value is -2.01. The number of hydrogen-bond acceptors (Lipinski definition) is 5. The maximum absolute atomic E-state index is 15.0. The average molecular weight is 474 g/mol. The molecule has 0 aliphatic heterocycles. The Morgan fingerprint density at radius 3 is 2.75 bits per heavy atom. The summed E-state index contributed by atoms with van der Waals surface area (Å²) in [5.41, 5.74) is -0.699. The van der Waals surface area contributed by atoms with Crippen LogP contribution in [0.5, 0.6) is 0 Å². The van der Waals surface area contributed by atoms with Crippen molar-refractivity contribution in [1.29, 1.82) is 0 Å². The van der Waals surface area contributed by atoms with E-state index in [4.69, 9.17) is 0 Å². The van der Waals surface area contributed by atoms with E-state index in [1.54, 1.807) is 19.9 Å². The van der Waals surface area contributed by atoms with Gasteiger partial charge in [0.2, 0.25) is 5.78 Å². The van der Waals surface area contributed by atoms with Crippen LogP contribution in [0.3, 0.4) is 0 Å². The molecule has 0 saturated carbocycles. The van der Waals surface area contributed by atoms with Gasteiger partial charge in [-0.15, -0.1) is 10.8 Å². The van der Waals surface area contributed by atoms with Gasteiger partial charge < -0.3 is 4.98 Å². The van der Waals surface area contributed by atoms with Gasteiger partial charge in [-0.3, -0.25) is 18.6 Å². The van der Waals surface area contributed by atoms with Gasteiger partial charge in [0.25, 0.3) is 0 Å². The van der Waals surface area contributed by atoms with Gasteiger partial charge in [-0.25, -0.2) is 13.8 Å². The van der Waals surface area contributed by atoms with E-state index in [0.717, 1.165) is 12.1 Å². The molecule has 0 bridgehead atoms. The van der Waals surface area contributed by atoms with Crippen molar-refractivity contribution in [2.24, 2.45) is 5.92 Å². The van der Waals surface area contributed by atoms with Crippen molar-refractivity contribution in [3.05, 3.63) is 57.8 Å². The summed E-state index contributed by atoms with van der Waals surface area (Å²) in [5.74, 6) is -3.21. The fourth-order valence-electron chi connectivity index (χ4n) is 2.82. The summed E-state index contributed by atoms with van der Waals surface area (Å²) in [7, 11) is -3.35. The lowest BCUT2D eigenvalue weighted by Gasteiger charge is -2.35. The van der Waals surface area contributed by atoms with Gasteiger partial charge in [-0.2, -0.15) is 0 Å². The predicted octanol–water partition coefficient (Wildman–Crippen LogP) is 5.57. The molecule has 10 heteroatoms. The molecule has 150 valence electrons. The summed E-state index contributed by atoms with van der Waals surface area (Å²) in [6.45, 7) is 3.55. The van der Waals surface area contributed by atoms with Crippen LogP contribution in [0.2, 0.25) is 0 Å². The van der Waals surface area contributed by atoms with Crippen LogP contribution in [-0.4, -0.2) is 30.6 Å². The van der Waals surface area contributed by atoms with E-state index >= 15 is 0 Å². The van der Waals surface area contributed by atoms with E-state index in [2.05, 4.69) is 30.6 Å². The SMILES string of the molecule is CC(C)CS(O)(O)Nc1ccc(F)c(C(=O)c2c[nH]c3ncc(Br)cc23)c1F. The van der Waals surface area contributed by atoms with Gasteiger partial charge in [-0.1, -0.05) is 13.8 Å². The molecule has 0 fully saturated rings. The zero-order valence-corrected chi connectivity index (χ0v) is 17.4. The van der Waals surface area contributed by atoms with Gasteiger partial charge in [0, 0.05) is 27.8 Å². The summed E-state index contributed by atoms with van der Waals surface area (Å²) >= 11 is 3.25. The fourth-order valence-corrected chi connectivity index (χ4v) is 4.68. The van der Waals surface area contributed by atoms with Crippen molar-refractivity contribution < 1.29 is 22.7 Å². The number of carbonyl (C=O) groups excluding carboxylic acids is 1. The highest BCUT2D eigenvalue weighted by molar-refractivity contribution is 9.10. The van der Waals surface area contributed by atoms with Crippen molar-refractivity contribution >= 4 is 49.2 Å². The molecule has 0 saturated heterocycles. The minimum atomic E-state index is -3.35. The first-order valence-corrected chi connectivity index (χ1v) is 10.8. The molecule has 2 heterocycles. The Kier molecular flexibility index (Phi) is 5.76. The second-order valence-corrected chi connectivity index (χ2v) is 9.48.